The Morgan fingerprint density at radius 2 is 1.75 bits per heavy atom. The van der Waals surface area contributed by atoms with Crippen molar-refractivity contribution in [1.29, 1.82) is 0 Å². The average molecular weight is 319 g/mol. The fourth-order valence-electron chi connectivity index (χ4n) is 2.63. The molecule has 3 rings (SSSR count). The van der Waals surface area contributed by atoms with Gasteiger partial charge in [-0.1, -0.05) is 18.2 Å². The first kappa shape index (κ1) is 15.9. The van der Waals surface area contributed by atoms with Crippen molar-refractivity contribution in [3.63, 3.8) is 0 Å². The van der Waals surface area contributed by atoms with E-state index in [1.54, 1.807) is 0 Å². The van der Waals surface area contributed by atoms with Gasteiger partial charge in [0.1, 0.15) is 5.69 Å². The van der Waals surface area contributed by atoms with Crippen molar-refractivity contribution >= 4 is 33.8 Å². The second-order valence-corrected chi connectivity index (χ2v) is 5.48. The highest BCUT2D eigenvalue weighted by Gasteiger charge is 2.05. The summed E-state index contributed by atoms with van der Waals surface area (Å²) in [7, 11) is 0. The monoisotopic (exact) mass is 319 g/mol. The predicted molar refractivity (Wildman–Crippen MR) is 100 cm³/mol. The van der Waals surface area contributed by atoms with Gasteiger partial charge in [-0.25, -0.2) is 4.98 Å². The van der Waals surface area contributed by atoms with Gasteiger partial charge in [-0.05, 0) is 50.2 Å². The number of benzene rings is 2. The van der Waals surface area contributed by atoms with Gasteiger partial charge in [0, 0.05) is 24.2 Å². The van der Waals surface area contributed by atoms with Gasteiger partial charge in [0.2, 0.25) is 0 Å². The van der Waals surface area contributed by atoms with Crippen LogP contribution < -0.4 is 10.6 Å². The molecule has 5 nitrogen and oxygen atoms in total. The molecule has 1 aromatic heterocycles. The van der Waals surface area contributed by atoms with E-state index in [2.05, 4.69) is 34.0 Å². The molecule has 0 fully saturated rings. The second-order valence-electron chi connectivity index (χ2n) is 5.48. The Bertz CT molecular complexity index is 869. The summed E-state index contributed by atoms with van der Waals surface area (Å²) in [5, 5.41) is 9.56. The summed E-state index contributed by atoms with van der Waals surface area (Å²) >= 11 is 0. The molecule has 2 N–H and O–H groups in total. The van der Waals surface area contributed by atoms with Gasteiger partial charge >= 0.3 is 0 Å². The smallest absolute Gasteiger partial charge is 0.174 e. The van der Waals surface area contributed by atoms with Crippen molar-refractivity contribution in [2.75, 3.05) is 23.7 Å². The number of hydrogen-bond donors (Lipinski definition) is 1. The lowest BCUT2D eigenvalue weighted by Crippen LogP contribution is -2.21. The average Bonchev–Trinajstić information content (AvgIpc) is 2.62. The van der Waals surface area contributed by atoms with Crippen molar-refractivity contribution in [1.82, 2.24) is 4.98 Å². The summed E-state index contributed by atoms with van der Waals surface area (Å²) in [5.41, 5.74) is 9.39. The van der Waals surface area contributed by atoms with E-state index in [4.69, 9.17) is 5.73 Å². The Labute approximate surface area is 141 Å². The van der Waals surface area contributed by atoms with Crippen molar-refractivity contribution < 1.29 is 0 Å². The fraction of sp³-hybridized carbons (Fsp3) is 0.211. The largest absolute Gasteiger partial charge is 0.397 e. The lowest BCUT2D eigenvalue weighted by molar-refractivity contribution is 0.866. The van der Waals surface area contributed by atoms with Crippen LogP contribution in [0, 0.1) is 0 Å². The molecule has 0 aliphatic rings. The minimum absolute atomic E-state index is 0.570. The highest BCUT2D eigenvalue weighted by molar-refractivity contribution is 5.79. The zero-order valence-corrected chi connectivity index (χ0v) is 14.0. The van der Waals surface area contributed by atoms with Gasteiger partial charge in [-0.15, -0.1) is 10.2 Å². The summed E-state index contributed by atoms with van der Waals surface area (Å²) in [5.74, 6) is 0.570. The number of para-hydroxylation sites is 1. The summed E-state index contributed by atoms with van der Waals surface area (Å²) in [4.78, 5) is 6.72. The van der Waals surface area contributed by atoms with Crippen LogP contribution in [-0.2, 0) is 0 Å². The Hall–Kier alpha value is -2.95. The summed E-state index contributed by atoms with van der Waals surface area (Å²) in [6.07, 6.45) is 0. The number of fused-ring (bicyclic) bond motifs is 1. The van der Waals surface area contributed by atoms with E-state index in [1.807, 2.05) is 54.6 Å². The first-order chi connectivity index (χ1) is 11.7. The second kappa shape index (κ2) is 7.08. The molecule has 122 valence electrons. The maximum Gasteiger partial charge on any atom is 0.174 e. The zero-order valence-electron chi connectivity index (χ0n) is 14.0. The molecular formula is C19H21N5. The van der Waals surface area contributed by atoms with Crippen LogP contribution in [0.3, 0.4) is 0 Å². The molecule has 2 aromatic carbocycles. The quantitative estimate of drug-likeness (QED) is 0.527. The van der Waals surface area contributed by atoms with Gasteiger partial charge in [0.25, 0.3) is 0 Å². The number of nitrogens with zero attached hydrogens (tertiary/aromatic N) is 4. The maximum absolute atomic E-state index is 6.12. The van der Waals surface area contributed by atoms with E-state index in [1.165, 1.54) is 0 Å². The highest BCUT2D eigenvalue weighted by atomic mass is 15.2. The van der Waals surface area contributed by atoms with Crippen molar-refractivity contribution in [2.24, 2.45) is 10.2 Å². The first-order valence-corrected chi connectivity index (χ1v) is 8.13. The molecule has 3 aromatic rings. The van der Waals surface area contributed by atoms with Crippen LogP contribution in [-0.4, -0.2) is 18.1 Å². The number of nitrogens with two attached hydrogens (primary N) is 1. The molecule has 1 heterocycles. The van der Waals surface area contributed by atoms with Crippen LogP contribution in [0.5, 0.6) is 0 Å². The first-order valence-electron chi connectivity index (χ1n) is 8.13. The Kier molecular flexibility index (Phi) is 4.70. The molecule has 0 aliphatic heterocycles. The molecule has 0 unspecified atom stereocenters. The number of aromatic nitrogens is 1. The summed E-state index contributed by atoms with van der Waals surface area (Å²) in [6.45, 7) is 6.13. The molecule has 0 saturated heterocycles. The Morgan fingerprint density at radius 3 is 2.50 bits per heavy atom. The summed E-state index contributed by atoms with van der Waals surface area (Å²) in [6, 6.07) is 17.6. The third-order valence-electron chi connectivity index (χ3n) is 3.98. The maximum atomic E-state index is 6.12. The molecule has 0 radical (unpaired) electrons. The van der Waals surface area contributed by atoms with E-state index < -0.39 is 0 Å². The van der Waals surface area contributed by atoms with Crippen LogP contribution in [0.2, 0.25) is 0 Å². The Morgan fingerprint density at radius 1 is 0.958 bits per heavy atom. The number of nitrogen functional groups attached to an aromatic ring is 1. The number of pyridine rings is 1. The van der Waals surface area contributed by atoms with E-state index in [0.717, 1.165) is 29.7 Å². The van der Waals surface area contributed by atoms with Gasteiger partial charge in [0.05, 0.1) is 11.2 Å². The predicted octanol–water partition coefficient (Wildman–Crippen LogP) is 5.08. The Balaban J connectivity index is 1.85. The molecule has 0 saturated carbocycles. The molecule has 0 amide bonds. The minimum atomic E-state index is 0.570. The lowest BCUT2D eigenvalue weighted by atomic mass is 10.2. The molecule has 0 atom stereocenters. The van der Waals surface area contributed by atoms with E-state index in [0.29, 0.717) is 17.2 Å². The molecule has 0 bridgehead atoms. The topological polar surface area (TPSA) is 66.9 Å². The van der Waals surface area contributed by atoms with E-state index >= 15 is 0 Å². The third kappa shape index (κ3) is 3.35. The SMILES string of the molecule is CCN(CC)c1ccc(N=Nc2ccc3ccccc3n2)c(N)c1. The standard InChI is InChI=1S/C19H21N5/c1-3-24(4-2)15-10-11-18(16(20)13-15)22-23-19-12-9-14-7-5-6-8-17(14)21-19/h5-13H,3-4,20H2,1-2H3. The fourth-order valence-corrected chi connectivity index (χ4v) is 2.63. The lowest BCUT2D eigenvalue weighted by Gasteiger charge is -2.21. The van der Waals surface area contributed by atoms with Crippen LogP contribution in [0.25, 0.3) is 10.9 Å². The van der Waals surface area contributed by atoms with E-state index in [-0.39, 0.29) is 0 Å². The molecule has 24 heavy (non-hydrogen) atoms. The number of anilines is 2. The van der Waals surface area contributed by atoms with Gasteiger partial charge in [-0.2, -0.15) is 0 Å². The highest BCUT2D eigenvalue weighted by Crippen LogP contribution is 2.29. The number of hydrogen-bond acceptors (Lipinski definition) is 5. The third-order valence-corrected chi connectivity index (χ3v) is 3.98. The van der Waals surface area contributed by atoms with Crippen LogP contribution in [0.1, 0.15) is 13.8 Å². The molecule has 5 heteroatoms. The van der Waals surface area contributed by atoms with Gasteiger partial charge in [-0.3, -0.25) is 0 Å². The van der Waals surface area contributed by atoms with Gasteiger partial charge in [0.15, 0.2) is 5.82 Å². The van der Waals surface area contributed by atoms with Crippen molar-refractivity contribution in [3.05, 3.63) is 54.6 Å². The van der Waals surface area contributed by atoms with Crippen LogP contribution in [0.15, 0.2) is 64.8 Å². The number of rotatable bonds is 5. The van der Waals surface area contributed by atoms with Crippen LogP contribution in [0.4, 0.5) is 22.9 Å². The van der Waals surface area contributed by atoms with Crippen molar-refractivity contribution in [3.8, 4) is 0 Å². The normalized spacial score (nSPS) is 11.2. The molecular weight excluding hydrogens is 298 g/mol. The van der Waals surface area contributed by atoms with Crippen molar-refractivity contribution in [2.45, 2.75) is 13.8 Å². The van der Waals surface area contributed by atoms with Gasteiger partial charge < -0.3 is 10.6 Å². The minimum Gasteiger partial charge on any atom is -0.397 e. The summed E-state index contributed by atoms with van der Waals surface area (Å²) < 4.78 is 0. The molecule has 0 spiro atoms. The van der Waals surface area contributed by atoms with Crippen LogP contribution >= 0.6 is 0 Å². The zero-order chi connectivity index (χ0) is 16.9. The number of azo groups is 1. The van der Waals surface area contributed by atoms with E-state index in [9.17, 15) is 0 Å². The molecule has 0 aliphatic carbocycles.